The van der Waals surface area contributed by atoms with Gasteiger partial charge in [0.25, 0.3) is 0 Å². The van der Waals surface area contributed by atoms with Crippen LogP contribution in [0.15, 0.2) is 0 Å². The van der Waals surface area contributed by atoms with Gasteiger partial charge in [-0.2, -0.15) is 0 Å². The summed E-state index contributed by atoms with van der Waals surface area (Å²) in [6.45, 7) is 9.55. The van der Waals surface area contributed by atoms with Gasteiger partial charge in [0.1, 0.15) is 0 Å². The fourth-order valence-electron chi connectivity index (χ4n) is 3.30. The molecule has 0 spiro atoms. The molecule has 0 aromatic carbocycles. The van der Waals surface area contributed by atoms with Gasteiger partial charge in [-0.1, -0.05) is 6.92 Å². The van der Waals surface area contributed by atoms with E-state index in [4.69, 9.17) is 5.73 Å². The maximum absolute atomic E-state index is 12.2. The van der Waals surface area contributed by atoms with Gasteiger partial charge in [-0.3, -0.25) is 14.6 Å². The lowest BCUT2D eigenvalue weighted by molar-refractivity contribution is -0.133. The van der Waals surface area contributed by atoms with Gasteiger partial charge in [-0.15, -0.1) is 0 Å². The zero-order chi connectivity index (χ0) is 14.4. The second kappa shape index (κ2) is 7.96. The molecule has 0 aromatic heterocycles. The molecule has 2 rings (SSSR count). The summed E-state index contributed by atoms with van der Waals surface area (Å²) in [4.78, 5) is 19.1. The van der Waals surface area contributed by atoms with Gasteiger partial charge in [0.05, 0.1) is 6.54 Å². The minimum absolute atomic E-state index is 0.323. The predicted molar refractivity (Wildman–Crippen MR) is 81.6 cm³/mol. The molecule has 2 fully saturated rings. The van der Waals surface area contributed by atoms with E-state index >= 15 is 0 Å². The number of rotatable bonds is 5. The first kappa shape index (κ1) is 15.7. The summed E-state index contributed by atoms with van der Waals surface area (Å²) in [5.41, 5.74) is 5.81. The Bertz CT molecular complexity index is 292. The fraction of sp³-hybridized carbons (Fsp3) is 0.933. The average molecular weight is 282 g/mol. The van der Waals surface area contributed by atoms with Crippen molar-refractivity contribution in [3.8, 4) is 0 Å². The molecule has 2 heterocycles. The Labute approximate surface area is 123 Å². The Morgan fingerprint density at radius 1 is 1.05 bits per heavy atom. The summed E-state index contributed by atoms with van der Waals surface area (Å²) in [7, 11) is 0. The Morgan fingerprint density at radius 3 is 2.25 bits per heavy atom. The van der Waals surface area contributed by atoms with Crippen LogP contribution in [0.5, 0.6) is 0 Å². The number of hydrogen-bond donors (Lipinski definition) is 1. The van der Waals surface area contributed by atoms with Gasteiger partial charge < -0.3 is 10.6 Å². The Hall–Kier alpha value is -0.650. The van der Waals surface area contributed by atoms with Gasteiger partial charge in [0.15, 0.2) is 0 Å². The first-order chi connectivity index (χ1) is 9.74. The summed E-state index contributed by atoms with van der Waals surface area (Å²) < 4.78 is 0. The highest BCUT2D eigenvalue weighted by atomic mass is 16.2. The number of nitrogens with two attached hydrogens (primary N) is 1. The molecule has 0 radical (unpaired) electrons. The Kier molecular flexibility index (Phi) is 6.26. The van der Waals surface area contributed by atoms with Crippen molar-refractivity contribution in [1.29, 1.82) is 0 Å². The highest BCUT2D eigenvalue weighted by molar-refractivity contribution is 5.78. The number of likely N-dealkylation sites (tertiary alicyclic amines) is 1. The van der Waals surface area contributed by atoms with E-state index in [1.54, 1.807) is 0 Å². The molecule has 0 aliphatic carbocycles. The molecule has 5 heteroatoms. The van der Waals surface area contributed by atoms with Crippen molar-refractivity contribution in [2.24, 2.45) is 5.73 Å². The monoisotopic (exact) mass is 282 g/mol. The molecular formula is C15H30N4O. The molecule has 2 N–H and O–H groups in total. The summed E-state index contributed by atoms with van der Waals surface area (Å²) in [5.74, 6) is 0.323. The molecule has 2 saturated heterocycles. The van der Waals surface area contributed by atoms with Crippen LogP contribution in [0.25, 0.3) is 0 Å². The Balaban J connectivity index is 1.72. The summed E-state index contributed by atoms with van der Waals surface area (Å²) in [6.07, 6.45) is 4.74. The normalized spacial score (nSPS) is 23.8. The van der Waals surface area contributed by atoms with Crippen LogP contribution in [0.1, 0.15) is 32.6 Å². The smallest absolute Gasteiger partial charge is 0.236 e. The molecule has 1 unspecified atom stereocenters. The van der Waals surface area contributed by atoms with Gasteiger partial charge in [0, 0.05) is 51.9 Å². The maximum Gasteiger partial charge on any atom is 0.236 e. The summed E-state index contributed by atoms with van der Waals surface area (Å²) in [5, 5.41) is 0. The second-order valence-corrected chi connectivity index (χ2v) is 6.05. The molecule has 2 aliphatic heterocycles. The van der Waals surface area contributed by atoms with Crippen molar-refractivity contribution in [3.63, 3.8) is 0 Å². The van der Waals surface area contributed by atoms with E-state index in [-0.39, 0.29) is 0 Å². The molecule has 0 saturated carbocycles. The minimum Gasteiger partial charge on any atom is -0.342 e. The number of carbonyl (C=O) groups excluding carboxylic acids is 1. The van der Waals surface area contributed by atoms with Gasteiger partial charge in [0.2, 0.25) is 5.91 Å². The molecule has 0 bridgehead atoms. The number of carbonyl (C=O) groups is 1. The van der Waals surface area contributed by atoms with Crippen LogP contribution in [0.4, 0.5) is 0 Å². The quantitative estimate of drug-likeness (QED) is 0.791. The third kappa shape index (κ3) is 4.17. The van der Waals surface area contributed by atoms with Crippen LogP contribution in [0, 0.1) is 0 Å². The number of nitrogens with zero attached hydrogens (tertiary/aromatic N) is 3. The van der Waals surface area contributed by atoms with Crippen LogP contribution in [0.3, 0.4) is 0 Å². The van der Waals surface area contributed by atoms with E-state index in [9.17, 15) is 4.79 Å². The second-order valence-electron chi connectivity index (χ2n) is 6.05. The van der Waals surface area contributed by atoms with E-state index in [0.717, 1.165) is 52.2 Å². The van der Waals surface area contributed by atoms with Crippen LogP contribution < -0.4 is 5.73 Å². The van der Waals surface area contributed by atoms with E-state index in [1.165, 1.54) is 19.3 Å². The average Bonchev–Trinajstić information content (AvgIpc) is 2.51. The number of hydrogen-bond acceptors (Lipinski definition) is 4. The largest absolute Gasteiger partial charge is 0.342 e. The summed E-state index contributed by atoms with van der Waals surface area (Å²) >= 11 is 0. The topological polar surface area (TPSA) is 52.8 Å². The molecule has 5 nitrogen and oxygen atoms in total. The molecule has 1 amide bonds. The molecule has 1 atom stereocenters. The lowest BCUT2D eigenvalue weighted by Crippen LogP contribution is -2.54. The van der Waals surface area contributed by atoms with E-state index < -0.39 is 0 Å². The van der Waals surface area contributed by atoms with Crippen LogP contribution >= 0.6 is 0 Å². The van der Waals surface area contributed by atoms with Crippen molar-refractivity contribution in [2.75, 3.05) is 52.4 Å². The van der Waals surface area contributed by atoms with E-state index in [0.29, 0.717) is 18.5 Å². The third-order valence-corrected chi connectivity index (χ3v) is 4.73. The van der Waals surface area contributed by atoms with Gasteiger partial charge >= 0.3 is 0 Å². The third-order valence-electron chi connectivity index (χ3n) is 4.73. The lowest BCUT2D eigenvalue weighted by Gasteiger charge is -2.39. The number of amides is 1. The standard InChI is InChI=1S/C15H30N4O/c1-2-14(12-16)18-10-8-17(9-11-18)13-15(20)19-6-4-3-5-7-19/h14H,2-13,16H2,1H3. The van der Waals surface area contributed by atoms with Crippen molar-refractivity contribution in [1.82, 2.24) is 14.7 Å². The zero-order valence-corrected chi connectivity index (χ0v) is 12.9. The van der Waals surface area contributed by atoms with Crippen molar-refractivity contribution in [2.45, 2.75) is 38.6 Å². The van der Waals surface area contributed by atoms with Crippen LogP contribution in [-0.4, -0.2) is 79.0 Å². The van der Waals surface area contributed by atoms with Crippen molar-refractivity contribution < 1.29 is 4.79 Å². The van der Waals surface area contributed by atoms with Crippen LogP contribution in [0.2, 0.25) is 0 Å². The Morgan fingerprint density at radius 2 is 1.70 bits per heavy atom. The predicted octanol–water partition coefficient (Wildman–Crippen LogP) is 0.354. The highest BCUT2D eigenvalue weighted by Gasteiger charge is 2.24. The highest BCUT2D eigenvalue weighted by Crippen LogP contribution is 2.11. The van der Waals surface area contributed by atoms with Crippen molar-refractivity contribution in [3.05, 3.63) is 0 Å². The van der Waals surface area contributed by atoms with E-state index in [1.807, 2.05) is 4.90 Å². The minimum atomic E-state index is 0.323. The van der Waals surface area contributed by atoms with Gasteiger partial charge in [-0.05, 0) is 25.7 Å². The zero-order valence-electron chi connectivity index (χ0n) is 12.9. The number of piperazine rings is 1. The van der Waals surface area contributed by atoms with Gasteiger partial charge in [-0.25, -0.2) is 0 Å². The first-order valence-electron chi connectivity index (χ1n) is 8.18. The first-order valence-corrected chi connectivity index (χ1v) is 8.18. The molecule has 116 valence electrons. The van der Waals surface area contributed by atoms with Crippen LogP contribution in [-0.2, 0) is 4.79 Å². The SMILES string of the molecule is CCC(CN)N1CCN(CC(=O)N2CCCCC2)CC1. The molecular weight excluding hydrogens is 252 g/mol. The lowest BCUT2D eigenvalue weighted by atomic mass is 10.1. The van der Waals surface area contributed by atoms with E-state index in [2.05, 4.69) is 16.7 Å². The maximum atomic E-state index is 12.2. The molecule has 2 aliphatic rings. The summed E-state index contributed by atoms with van der Waals surface area (Å²) in [6, 6.07) is 0.509. The molecule has 0 aromatic rings. The fourth-order valence-corrected chi connectivity index (χ4v) is 3.30. The molecule has 20 heavy (non-hydrogen) atoms. The van der Waals surface area contributed by atoms with Crippen molar-refractivity contribution >= 4 is 5.91 Å². The number of piperidine rings is 1.